The molecule has 0 saturated carbocycles. The zero-order chi connectivity index (χ0) is 53.1. The molecule has 0 N–H and O–H groups in total. The Morgan fingerprint density at radius 1 is 0.753 bits per heavy atom. The molecule has 0 unspecified atom stereocenters. The van der Waals surface area contributed by atoms with E-state index >= 15 is 0 Å². The van der Waals surface area contributed by atoms with E-state index in [0.717, 1.165) is 84.3 Å². The van der Waals surface area contributed by atoms with Crippen molar-refractivity contribution in [1.82, 2.24) is 19.5 Å². The average Bonchev–Trinajstić information content (AvgIpc) is 3.94. The molecule has 4 heterocycles. The Balaban J connectivity index is 0.000000230. The Labute approximate surface area is 446 Å². The number of aromatic nitrogens is 4. The molecule has 0 atom stereocenters. The van der Waals surface area contributed by atoms with Gasteiger partial charge in [-0.1, -0.05) is 156 Å². The molecule has 9 heteroatoms. The first kappa shape index (κ1) is 47.1. The number of furan rings is 1. The van der Waals surface area contributed by atoms with Crippen LogP contribution in [0.5, 0.6) is 0 Å². The maximum absolute atomic E-state index is 14.5. The van der Waals surface area contributed by atoms with E-state index in [1.165, 1.54) is 28.4 Å². The fourth-order valence-electron chi connectivity index (χ4n) is 9.68. The summed E-state index contributed by atoms with van der Waals surface area (Å²) in [6.45, 7) is 17.5. The van der Waals surface area contributed by atoms with Crippen LogP contribution in [0.4, 0.5) is 8.78 Å². The van der Waals surface area contributed by atoms with Gasteiger partial charge in [0.15, 0.2) is 0 Å². The molecular weight excluding hydrogens is 1100 g/mol. The van der Waals surface area contributed by atoms with E-state index in [1.54, 1.807) is 6.07 Å². The zero-order valence-corrected chi connectivity index (χ0v) is 45.9. The fraction of sp³-hybridized carbons (Fsp3) is 0.203. The molecule has 0 aliphatic rings. The van der Waals surface area contributed by atoms with Crippen molar-refractivity contribution in [3.8, 4) is 50.6 Å². The molecule has 0 amide bonds. The first-order valence-corrected chi connectivity index (χ1v) is 28.0. The topological polar surface area (TPSA) is 56.7 Å². The van der Waals surface area contributed by atoms with Crippen LogP contribution in [-0.4, -0.2) is 27.6 Å². The number of imidazole rings is 1. The minimum absolute atomic E-state index is 0. The first-order valence-electron chi connectivity index (χ1n) is 26.0. The van der Waals surface area contributed by atoms with Crippen LogP contribution in [0.15, 0.2) is 156 Å². The molecule has 11 aromatic rings. The molecule has 0 saturated heterocycles. The third-order valence-corrected chi connectivity index (χ3v) is 15.3. The number of hydrogen-bond acceptors (Lipinski definition) is 4. The van der Waals surface area contributed by atoms with Crippen LogP contribution in [0.3, 0.4) is 0 Å². The van der Waals surface area contributed by atoms with Crippen molar-refractivity contribution in [2.24, 2.45) is 5.92 Å². The van der Waals surface area contributed by atoms with E-state index in [9.17, 15) is 8.78 Å². The largest absolute Gasteiger partial charge is 0.486 e. The number of pyridine rings is 2. The van der Waals surface area contributed by atoms with Crippen LogP contribution in [0.2, 0.25) is 19.6 Å². The van der Waals surface area contributed by atoms with E-state index in [1.807, 2.05) is 61.7 Å². The maximum atomic E-state index is 14.5. The van der Waals surface area contributed by atoms with Crippen molar-refractivity contribution >= 4 is 57.1 Å². The monoisotopic (exact) mass is 1160 g/mol. The number of benzene rings is 7. The van der Waals surface area contributed by atoms with Gasteiger partial charge in [0.05, 0.1) is 36.2 Å². The smallest absolute Gasteiger partial charge is 0.216 e. The van der Waals surface area contributed by atoms with Gasteiger partial charge >= 0.3 is 0 Å². The van der Waals surface area contributed by atoms with Crippen molar-refractivity contribution in [3.63, 3.8) is 0 Å². The number of fused-ring (bicyclic) bond motifs is 6. The van der Waals surface area contributed by atoms with Crippen LogP contribution in [0.1, 0.15) is 61.1 Å². The van der Waals surface area contributed by atoms with Gasteiger partial charge in [0.2, 0.25) is 5.71 Å². The molecular formula is C64H58F2IrN4OSi-2. The summed E-state index contributed by atoms with van der Waals surface area (Å²) in [5.74, 6) is 0.278. The summed E-state index contributed by atoms with van der Waals surface area (Å²) in [7, 11) is -1.56. The maximum Gasteiger partial charge on any atom is 0.216 e. The normalized spacial score (nSPS) is 12.7. The van der Waals surface area contributed by atoms with Crippen molar-refractivity contribution in [2.45, 2.75) is 79.9 Å². The summed E-state index contributed by atoms with van der Waals surface area (Å²) >= 11 is 0. The standard InChI is InChI=1S/C45H33FN3O.C19H25FNSi.Ir/c1-27-18-21-35-34-16-11-17-36(42(34)50-44(35)47-27)43-48-40-33-22-20-32(46)24-30(33)19-23-39(40)49(43)41-37(28-12-7-5-8-13-28)25-31(45(2,3)4)26-38(41)29-14-9-6-10-15-29;1-13(2)9-15-11-18(21-12-19(15)22(4,5)6)16-8-7-14(3)10-17(16)20;/h5-16,18-26H,1-4H3;7,10-13H,9H2,1-6H3;/q2*-1;/i;3D3;. The Kier molecular flexibility index (Phi) is 13.0. The SMILES string of the molecule is Cc1ccc2c(n1)oc1c(-c3nc4c5ccc(F)cc5ccc4n3-c3c(-c4ccccc4)cc(C(C)(C)C)cc3-c3ccccc3)[c-]ccc12.[2H]C([2H])([2H])c1c[c-]c(-c2cc(CC(C)C)c([Si](C)(C)C)cn2)c(F)c1.[Ir]. The summed E-state index contributed by atoms with van der Waals surface area (Å²) in [4.78, 5) is 14.6. The Bertz CT molecular complexity index is 3890. The van der Waals surface area contributed by atoms with Crippen LogP contribution in [0.25, 0.3) is 94.5 Å². The van der Waals surface area contributed by atoms with Crippen LogP contribution < -0.4 is 5.19 Å². The van der Waals surface area contributed by atoms with Gasteiger partial charge in [0.25, 0.3) is 0 Å². The van der Waals surface area contributed by atoms with Crippen LogP contribution in [0, 0.1) is 43.5 Å². The number of halogens is 2. The van der Waals surface area contributed by atoms with Gasteiger partial charge < -0.3 is 14.0 Å². The predicted molar refractivity (Wildman–Crippen MR) is 297 cm³/mol. The quantitative estimate of drug-likeness (QED) is 0.112. The number of rotatable bonds is 8. The van der Waals surface area contributed by atoms with Crippen LogP contribution in [-0.2, 0) is 31.9 Å². The molecule has 11 rings (SSSR count). The molecule has 73 heavy (non-hydrogen) atoms. The molecule has 369 valence electrons. The molecule has 0 aliphatic carbocycles. The van der Waals surface area contributed by atoms with Gasteiger partial charge in [0.1, 0.15) is 5.82 Å². The zero-order valence-electron chi connectivity index (χ0n) is 45.5. The number of nitrogens with zero attached hydrogens (tertiary/aromatic N) is 4. The molecule has 1 radical (unpaired) electrons. The van der Waals surface area contributed by atoms with Gasteiger partial charge in [0, 0.05) is 63.8 Å². The molecule has 5 nitrogen and oxygen atoms in total. The van der Waals surface area contributed by atoms with Gasteiger partial charge in [-0.25, -0.2) is 9.37 Å². The number of hydrogen-bond donors (Lipinski definition) is 0. The molecule has 0 aliphatic heterocycles. The third-order valence-electron chi connectivity index (χ3n) is 13.2. The summed E-state index contributed by atoms with van der Waals surface area (Å²) in [5.41, 5.74) is 12.8. The van der Waals surface area contributed by atoms with Crippen molar-refractivity contribution < 1.29 is 37.4 Å². The van der Waals surface area contributed by atoms with E-state index in [2.05, 4.69) is 149 Å². The minimum Gasteiger partial charge on any atom is -0.486 e. The van der Waals surface area contributed by atoms with Gasteiger partial charge in [-0.3, -0.25) is 9.37 Å². The summed E-state index contributed by atoms with van der Waals surface area (Å²) in [5, 5.41) is 4.82. The van der Waals surface area contributed by atoms with Crippen molar-refractivity contribution in [3.05, 3.63) is 198 Å². The average molecular weight is 1160 g/mol. The van der Waals surface area contributed by atoms with Crippen LogP contribution >= 0.6 is 0 Å². The molecule has 4 aromatic heterocycles. The Morgan fingerprint density at radius 2 is 1.44 bits per heavy atom. The number of aryl methyl sites for hydroxylation is 2. The second kappa shape index (κ2) is 20.2. The molecule has 7 aromatic carbocycles. The Hall–Kier alpha value is -6.90. The van der Waals surface area contributed by atoms with E-state index < -0.39 is 20.7 Å². The summed E-state index contributed by atoms with van der Waals surface area (Å²) in [6.07, 6.45) is 2.77. The third kappa shape index (κ3) is 10.1. The first-order chi connectivity index (χ1) is 35.6. The van der Waals surface area contributed by atoms with E-state index in [4.69, 9.17) is 18.5 Å². The Morgan fingerprint density at radius 3 is 2.07 bits per heavy atom. The van der Waals surface area contributed by atoms with Gasteiger partial charge in [-0.15, -0.1) is 42.0 Å². The van der Waals surface area contributed by atoms with Crippen molar-refractivity contribution in [2.75, 3.05) is 0 Å². The molecule has 0 bridgehead atoms. The second-order valence-electron chi connectivity index (χ2n) is 21.2. The van der Waals surface area contributed by atoms with Crippen molar-refractivity contribution in [1.29, 1.82) is 0 Å². The van der Waals surface area contributed by atoms with E-state index in [0.29, 0.717) is 28.7 Å². The molecule has 0 spiro atoms. The van der Waals surface area contributed by atoms with E-state index in [-0.39, 0.29) is 42.5 Å². The fourth-order valence-corrected chi connectivity index (χ4v) is 11.3. The van der Waals surface area contributed by atoms with Gasteiger partial charge in [-0.05, 0) is 106 Å². The second-order valence-corrected chi connectivity index (χ2v) is 26.2. The summed E-state index contributed by atoms with van der Waals surface area (Å²) in [6, 6.07) is 53.3. The van der Waals surface area contributed by atoms with Gasteiger partial charge in [-0.2, -0.15) is 0 Å². The minimum atomic E-state index is -2.34. The summed E-state index contributed by atoms with van der Waals surface area (Å²) < 4.78 is 60.0. The predicted octanol–water partition coefficient (Wildman–Crippen LogP) is 16.8. The molecule has 0 fully saturated rings.